The summed E-state index contributed by atoms with van der Waals surface area (Å²) in [6.45, 7) is 1.79. The van der Waals surface area contributed by atoms with Crippen LogP contribution in [0.25, 0.3) is 5.52 Å². The van der Waals surface area contributed by atoms with Gasteiger partial charge in [-0.3, -0.25) is 0 Å². The first-order valence-corrected chi connectivity index (χ1v) is 6.03. The number of hydrogen-bond acceptors (Lipinski definition) is 2. The number of pyridine rings is 1. The van der Waals surface area contributed by atoms with Gasteiger partial charge in [-0.05, 0) is 42.3 Å². The number of benzene rings is 1. The Morgan fingerprint density at radius 3 is 2.84 bits per heavy atom. The van der Waals surface area contributed by atoms with Crippen molar-refractivity contribution in [2.75, 3.05) is 0 Å². The van der Waals surface area contributed by atoms with E-state index in [9.17, 15) is 9.50 Å². The maximum atomic E-state index is 13.1. The first kappa shape index (κ1) is 11.9. The summed E-state index contributed by atoms with van der Waals surface area (Å²) in [5.74, 6) is -0.298. The van der Waals surface area contributed by atoms with Gasteiger partial charge < -0.3 is 5.11 Å². The third kappa shape index (κ3) is 2.00. The van der Waals surface area contributed by atoms with E-state index in [1.807, 2.05) is 24.4 Å². The summed E-state index contributed by atoms with van der Waals surface area (Å²) in [5.41, 5.74) is 2.98. The third-order valence-electron chi connectivity index (χ3n) is 3.28. The van der Waals surface area contributed by atoms with Gasteiger partial charge in [-0.15, -0.1) is 0 Å². The smallest absolute Gasteiger partial charge is 0.123 e. The second-order valence-electron chi connectivity index (χ2n) is 4.53. The zero-order chi connectivity index (χ0) is 13.4. The average Bonchev–Trinajstić information content (AvgIpc) is 2.82. The van der Waals surface area contributed by atoms with Gasteiger partial charge in [-0.2, -0.15) is 5.10 Å². The molecule has 2 heterocycles. The Morgan fingerprint density at radius 1 is 1.21 bits per heavy atom. The van der Waals surface area contributed by atoms with Gasteiger partial charge in [0.1, 0.15) is 11.9 Å². The lowest BCUT2D eigenvalue weighted by molar-refractivity contribution is 0.221. The summed E-state index contributed by atoms with van der Waals surface area (Å²) >= 11 is 0. The van der Waals surface area contributed by atoms with Crippen molar-refractivity contribution >= 4 is 5.52 Å². The largest absolute Gasteiger partial charge is 0.384 e. The maximum absolute atomic E-state index is 13.1. The highest BCUT2D eigenvalue weighted by molar-refractivity contribution is 5.56. The Bertz CT molecular complexity index is 736. The molecule has 0 bridgehead atoms. The van der Waals surface area contributed by atoms with E-state index in [2.05, 4.69) is 5.10 Å². The lowest BCUT2D eigenvalue weighted by Crippen LogP contribution is -2.02. The second-order valence-corrected chi connectivity index (χ2v) is 4.53. The van der Waals surface area contributed by atoms with Crippen molar-refractivity contribution in [2.24, 2.45) is 0 Å². The molecule has 1 N–H and O–H groups in total. The first-order chi connectivity index (χ1) is 9.16. The topological polar surface area (TPSA) is 37.5 Å². The summed E-state index contributed by atoms with van der Waals surface area (Å²) in [4.78, 5) is 0. The summed E-state index contributed by atoms with van der Waals surface area (Å²) < 4.78 is 14.8. The fraction of sp³-hybridized carbons (Fsp3) is 0.133. The standard InChI is InChI=1S/C15H13FN2O/c1-10-8-11(16)5-6-12(10)15(19)13-9-17-18-7-3-2-4-14(13)18/h2-9,15,19H,1H3. The van der Waals surface area contributed by atoms with Crippen LogP contribution < -0.4 is 0 Å². The van der Waals surface area contributed by atoms with E-state index in [1.165, 1.54) is 12.1 Å². The highest BCUT2D eigenvalue weighted by Gasteiger charge is 2.17. The minimum absolute atomic E-state index is 0.298. The van der Waals surface area contributed by atoms with Crippen LogP contribution in [-0.4, -0.2) is 14.7 Å². The highest BCUT2D eigenvalue weighted by Crippen LogP contribution is 2.27. The molecule has 1 unspecified atom stereocenters. The number of halogens is 1. The Labute approximate surface area is 109 Å². The normalized spacial score (nSPS) is 12.8. The lowest BCUT2D eigenvalue weighted by atomic mass is 9.98. The molecule has 96 valence electrons. The van der Waals surface area contributed by atoms with Gasteiger partial charge in [-0.1, -0.05) is 12.1 Å². The molecule has 0 spiro atoms. The molecule has 0 saturated heterocycles. The van der Waals surface area contributed by atoms with Crippen molar-refractivity contribution in [2.45, 2.75) is 13.0 Å². The van der Waals surface area contributed by atoms with Gasteiger partial charge in [0.2, 0.25) is 0 Å². The SMILES string of the molecule is Cc1cc(F)ccc1C(O)c1cnn2ccccc12. The lowest BCUT2D eigenvalue weighted by Gasteiger charge is -2.12. The first-order valence-electron chi connectivity index (χ1n) is 6.03. The third-order valence-corrected chi connectivity index (χ3v) is 3.28. The van der Waals surface area contributed by atoms with E-state index in [4.69, 9.17) is 0 Å². The monoisotopic (exact) mass is 256 g/mol. The van der Waals surface area contributed by atoms with E-state index < -0.39 is 6.10 Å². The molecule has 0 aliphatic heterocycles. The molecular weight excluding hydrogens is 243 g/mol. The average molecular weight is 256 g/mol. The van der Waals surface area contributed by atoms with E-state index >= 15 is 0 Å². The van der Waals surface area contributed by atoms with Crippen LogP contribution >= 0.6 is 0 Å². The Hall–Kier alpha value is -2.20. The summed E-state index contributed by atoms with van der Waals surface area (Å²) in [5, 5.41) is 14.7. The summed E-state index contributed by atoms with van der Waals surface area (Å²) in [6, 6.07) is 10.1. The fourth-order valence-electron chi connectivity index (χ4n) is 2.28. The number of hydrogen-bond donors (Lipinski definition) is 1. The van der Waals surface area contributed by atoms with Gasteiger partial charge in [0, 0.05) is 11.8 Å². The predicted octanol–water partition coefficient (Wildman–Crippen LogP) is 2.86. The molecular formula is C15H13FN2O. The van der Waals surface area contributed by atoms with Gasteiger partial charge in [0.15, 0.2) is 0 Å². The number of fused-ring (bicyclic) bond motifs is 1. The molecule has 19 heavy (non-hydrogen) atoms. The van der Waals surface area contributed by atoms with Crippen LogP contribution in [0.1, 0.15) is 22.8 Å². The van der Waals surface area contributed by atoms with Crippen LogP contribution in [0.5, 0.6) is 0 Å². The Balaban J connectivity index is 2.10. The van der Waals surface area contributed by atoms with Crippen molar-refractivity contribution < 1.29 is 9.50 Å². The molecule has 1 aromatic carbocycles. The number of aryl methyl sites for hydroxylation is 1. The van der Waals surface area contributed by atoms with Gasteiger partial charge in [0.05, 0.1) is 11.7 Å². The minimum atomic E-state index is -0.805. The molecule has 4 heteroatoms. The molecule has 0 aliphatic carbocycles. The quantitative estimate of drug-likeness (QED) is 0.765. The number of aliphatic hydroxyl groups excluding tert-OH is 1. The van der Waals surface area contributed by atoms with Crippen LogP contribution in [0.3, 0.4) is 0 Å². The molecule has 0 aliphatic rings. The minimum Gasteiger partial charge on any atom is -0.384 e. The van der Waals surface area contributed by atoms with E-state index in [0.717, 1.165) is 16.6 Å². The van der Waals surface area contributed by atoms with E-state index in [0.29, 0.717) is 5.56 Å². The molecule has 0 fully saturated rings. The zero-order valence-electron chi connectivity index (χ0n) is 10.4. The number of aliphatic hydroxyl groups is 1. The zero-order valence-corrected chi connectivity index (χ0v) is 10.4. The van der Waals surface area contributed by atoms with Crippen molar-refractivity contribution in [1.82, 2.24) is 9.61 Å². The molecule has 0 amide bonds. The number of aromatic nitrogens is 2. The molecule has 2 aromatic heterocycles. The van der Waals surface area contributed by atoms with Crippen LogP contribution in [-0.2, 0) is 0 Å². The van der Waals surface area contributed by atoms with Crippen LogP contribution in [0.2, 0.25) is 0 Å². The van der Waals surface area contributed by atoms with E-state index in [-0.39, 0.29) is 5.82 Å². The molecule has 0 saturated carbocycles. The second kappa shape index (κ2) is 4.48. The van der Waals surface area contributed by atoms with Crippen molar-refractivity contribution in [3.8, 4) is 0 Å². The molecule has 0 radical (unpaired) electrons. The fourth-order valence-corrected chi connectivity index (χ4v) is 2.28. The Kier molecular flexibility index (Phi) is 2.80. The highest BCUT2D eigenvalue weighted by atomic mass is 19.1. The van der Waals surface area contributed by atoms with E-state index in [1.54, 1.807) is 23.7 Å². The van der Waals surface area contributed by atoms with Crippen molar-refractivity contribution in [3.05, 3.63) is 71.3 Å². The predicted molar refractivity (Wildman–Crippen MR) is 70.4 cm³/mol. The van der Waals surface area contributed by atoms with Crippen molar-refractivity contribution in [3.63, 3.8) is 0 Å². The van der Waals surface area contributed by atoms with Gasteiger partial charge >= 0.3 is 0 Å². The summed E-state index contributed by atoms with van der Waals surface area (Å²) in [6.07, 6.45) is 2.66. The van der Waals surface area contributed by atoms with Gasteiger partial charge in [0.25, 0.3) is 0 Å². The maximum Gasteiger partial charge on any atom is 0.123 e. The van der Waals surface area contributed by atoms with Crippen molar-refractivity contribution in [1.29, 1.82) is 0 Å². The number of nitrogens with zero attached hydrogens (tertiary/aromatic N) is 2. The number of rotatable bonds is 2. The van der Waals surface area contributed by atoms with Crippen LogP contribution in [0.4, 0.5) is 4.39 Å². The van der Waals surface area contributed by atoms with Crippen LogP contribution in [0, 0.1) is 12.7 Å². The van der Waals surface area contributed by atoms with Crippen LogP contribution in [0.15, 0.2) is 48.8 Å². The summed E-state index contributed by atoms with van der Waals surface area (Å²) in [7, 11) is 0. The molecule has 3 rings (SSSR count). The molecule has 3 aromatic rings. The molecule has 1 atom stereocenters. The Morgan fingerprint density at radius 2 is 2.05 bits per heavy atom. The molecule has 3 nitrogen and oxygen atoms in total. The van der Waals surface area contributed by atoms with Gasteiger partial charge in [-0.25, -0.2) is 8.91 Å².